The predicted octanol–water partition coefficient (Wildman–Crippen LogP) is -0.605. The van der Waals surface area contributed by atoms with Gasteiger partial charge in [-0.15, -0.1) is 18.8 Å². The Balaban J connectivity index is 4.20. The second-order valence-electron chi connectivity index (χ2n) is 2.33. The van der Waals surface area contributed by atoms with E-state index in [0.29, 0.717) is 0 Å². The molecule has 0 saturated heterocycles. The summed E-state index contributed by atoms with van der Waals surface area (Å²) in [7, 11) is 0. The first-order valence-corrected chi connectivity index (χ1v) is 3.76. The number of amides is 2. The third-order valence-corrected chi connectivity index (χ3v) is 1.30. The lowest BCUT2D eigenvalue weighted by Gasteiger charge is -2.12. The molecule has 5 nitrogen and oxygen atoms in total. The zero-order valence-corrected chi connectivity index (χ0v) is 7.41. The van der Waals surface area contributed by atoms with Gasteiger partial charge in [-0.1, -0.05) is 5.92 Å². The molecular weight excluding hydrogens is 184 g/mol. The number of hydrogen-bond donors (Lipinski definition) is 3. The van der Waals surface area contributed by atoms with Crippen LogP contribution in [-0.4, -0.2) is 29.7 Å². The average Bonchev–Trinajstić information content (AvgIpc) is 2.13. The Bertz CT molecular complexity index is 298. The molecule has 0 aliphatic rings. The van der Waals surface area contributed by atoms with Gasteiger partial charge in [0.25, 0.3) is 0 Å². The molecule has 0 rings (SSSR count). The topological polar surface area (TPSA) is 78.4 Å². The van der Waals surface area contributed by atoms with Crippen LogP contribution in [0.15, 0.2) is 0 Å². The minimum atomic E-state index is -1.30. The van der Waals surface area contributed by atoms with Crippen molar-refractivity contribution in [1.82, 2.24) is 10.6 Å². The SMILES string of the molecule is C#CCNC(=O)C(CC#C)NC(=O)O. The molecule has 1 unspecified atom stereocenters. The predicted molar refractivity (Wildman–Crippen MR) is 50.2 cm³/mol. The number of hydrogen-bond acceptors (Lipinski definition) is 2. The monoisotopic (exact) mass is 194 g/mol. The van der Waals surface area contributed by atoms with Gasteiger partial charge in [-0.05, 0) is 0 Å². The van der Waals surface area contributed by atoms with E-state index >= 15 is 0 Å². The number of carbonyl (C=O) groups is 2. The van der Waals surface area contributed by atoms with Crippen molar-refractivity contribution in [1.29, 1.82) is 0 Å². The smallest absolute Gasteiger partial charge is 0.405 e. The van der Waals surface area contributed by atoms with Gasteiger partial charge >= 0.3 is 6.09 Å². The van der Waals surface area contributed by atoms with Crippen molar-refractivity contribution in [2.45, 2.75) is 12.5 Å². The first-order valence-electron chi connectivity index (χ1n) is 3.76. The molecule has 0 spiro atoms. The zero-order chi connectivity index (χ0) is 11.0. The van der Waals surface area contributed by atoms with Crippen LogP contribution < -0.4 is 10.6 Å². The van der Waals surface area contributed by atoms with E-state index < -0.39 is 18.0 Å². The lowest BCUT2D eigenvalue weighted by atomic mass is 10.2. The maximum atomic E-state index is 11.2. The number of terminal acetylenes is 2. The van der Waals surface area contributed by atoms with Crippen molar-refractivity contribution in [3.63, 3.8) is 0 Å². The van der Waals surface area contributed by atoms with Gasteiger partial charge in [0.1, 0.15) is 6.04 Å². The summed E-state index contributed by atoms with van der Waals surface area (Å²) >= 11 is 0. The number of carbonyl (C=O) groups excluding carboxylic acids is 1. The molecule has 0 aromatic rings. The number of rotatable bonds is 4. The first kappa shape index (κ1) is 11.9. The zero-order valence-electron chi connectivity index (χ0n) is 7.41. The van der Waals surface area contributed by atoms with Crippen molar-refractivity contribution in [2.24, 2.45) is 0 Å². The Morgan fingerprint density at radius 3 is 2.43 bits per heavy atom. The van der Waals surface area contributed by atoms with Crippen LogP contribution in [-0.2, 0) is 4.79 Å². The van der Waals surface area contributed by atoms with Gasteiger partial charge in [-0.2, -0.15) is 0 Å². The summed E-state index contributed by atoms with van der Waals surface area (Å²) in [6.07, 6.45) is 8.56. The Labute approximate surface area is 81.9 Å². The molecule has 14 heavy (non-hydrogen) atoms. The van der Waals surface area contributed by atoms with Crippen molar-refractivity contribution in [3.8, 4) is 24.7 Å². The maximum absolute atomic E-state index is 11.2. The third-order valence-electron chi connectivity index (χ3n) is 1.30. The molecule has 0 heterocycles. The highest BCUT2D eigenvalue weighted by Gasteiger charge is 2.18. The lowest BCUT2D eigenvalue weighted by Crippen LogP contribution is -2.46. The fourth-order valence-corrected chi connectivity index (χ4v) is 0.738. The van der Waals surface area contributed by atoms with Gasteiger partial charge < -0.3 is 15.7 Å². The van der Waals surface area contributed by atoms with E-state index in [9.17, 15) is 9.59 Å². The fraction of sp³-hybridized carbons (Fsp3) is 0.333. The Hall–Kier alpha value is -2.14. The van der Waals surface area contributed by atoms with Crippen LogP contribution in [0.1, 0.15) is 6.42 Å². The second-order valence-corrected chi connectivity index (χ2v) is 2.33. The van der Waals surface area contributed by atoms with Crippen LogP contribution >= 0.6 is 0 Å². The number of carboxylic acid groups (broad SMARTS) is 1. The molecule has 0 aromatic heterocycles. The molecule has 0 aliphatic carbocycles. The highest BCUT2D eigenvalue weighted by molar-refractivity contribution is 5.85. The molecule has 0 saturated carbocycles. The highest BCUT2D eigenvalue weighted by atomic mass is 16.4. The van der Waals surface area contributed by atoms with Crippen LogP contribution in [0.2, 0.25) is 0 Å². The standard InChI is InChI=1S/C9H10N2O3/c1-3-5-7(11-9(13)14)8(12)10-6-4-2/h1-2,7,11H,5-6H2,(H,10,12)(H,13,14). The van der Waals surface area contributed by atoms with Crippen LogP contribution in [0.4, 0.5) is 4.79 Å². The summed E-state index contributed by atoms with van der Waals surface area (Å²) < 4.78 is 0. The summed E-state index contributed by atoms with van der Waals surface area (Å²) in [5.74, 6) is 3.86. The molecular formula is C9H10N2O3. The van der Waals surface area contributed by atoms with Gasteiger partial charge in [0.05, 0.1) is 6.54 Å². The van der Waals surface area contributed by atoms with E-state index in [1.54, 1.807) is 0 Å². The first-order chi connectivity index (χ1) is 6.61. The Morgan fingerprint density at radius 2 is 2.00 bits per heavy atom. The van der Waals surface area contributed by atoms with Gasteiger partial charge in [-0.25, -0.2) is 4.79 Å². The largest absolute Gasteiger partial charge is 0.465 e. The van der Waals surface area contributed by atoms with Crippen LogP contribution in [0, 0.1) is 24.7 Å². The quantitative estimate of drug-likeness (QED) is 0.523. The molecule has 74 valence electrons. The van der Waals surface area contributed by atoms with E-state index in [4.69, 9.17) is 18.0 Å². The van der Waals surface area contributed by atoms with E-state index in [2.05, 4.69) is 17.2 Å². The van der Waals surface area contributed by atoms with Crippen molar-refractivity contribution in [3.05, 3.63) is 0 Å². The van der Waals surface area contributed by atoms with Gasteiger partial charge in [0.2, 0.25) is 5.91 Å². The summed E-state index contributed by atoms with van der Waals surface area (Å²) in [5.41, 5.74) is 0. The van der Waals surface area contributed by atoms with E-state index in [-0.39, 0.29) is 13.0 Å². The lowest BCUT2D eigenvalue weighted by molar-refractivity contribution is -0.122. The van der Waals surface area contributed by atoms with E-state index in [1.165, 1.54) is 0 Å². The Morgan fingerprint density at radius 1 is 1.36 bits per heavy atom. The van der Waals surface area contributed by atoms with Gasteiger partial charge in [-0.3, -0.25) is 4.79 Å². The van der Waals surface area contributed by atoms with E-state index in [0.717, 1.165) is 0 Å². The molecule has 0 aromatic carbocycles. The fourth-order valence-electron chi connectivity index (χ4n) is 0.738. The summed E-state index contributed by atoms with van der Waals surface area (Å²) in [4.78, 5) is 21.5. The molecule has 0 fully saturated rings. The molecule has 1 atom stereocenters. The molecule has 0 radical (unpaired) electrons. The third kappa shape index (κ3) is 4.68. The van der Waals surface area contributed by atoms with Crippen molar-refractivity contribution in [2.75, 3.05) is 6.54 Å². The Kier molecular flexibility index (Phi) is 5.41. The normalized spacial score (nSPS) is 10.4. The van der Waals surface area contributed by atoms with E-state index in [1.807, 2.05) is 5.32 Å². The van der Waals surface area contributed by atoms with Gasteiger partial charge in [0.15, 0.2) is 0 Å². The molecule has 2 amide bonds. The van der Waals surface area contributed by atoms with Crippen LogP contribution in [0.3, 0.4) is 0 Å². The summed E-state index contributed by atoms with van der Waals surface area (Å²) in [6, 6.07) is -0.953. The minimum Gasteiger partial charge on any atom is -0.465 e. The summed E-state index contributed by atoms with van der Waals surface area (Å²) in [5, 5.41) is 12.7. The van der Waals surface area contributed by atoms with Gasteiger partial charge in [0, 0.05) is 6.42 Å². The maximum Gasteiger partial charge on any atom is 0.405 e. The van der Waals surface area contributed by atoms with Crippen LogP contribution in [0.25, 0.3) is 0 Å². The minimum absolute atomic E-state index is 0.0112. The molecule has 0 bridgehead atoms. The number of nitrogens with one attached hydrogen (secondary N) is 2. The van der Waals surface area contributed by atoms with Crippen molar-refractivity contribution >= 4 is 12.0 Å². The average molecular weight is 194 g/mol. The molecule has 5 heteroatoms. The highest BCUT2D eigenvalue weighted by Crippen LogP contribution is 1.90. The molecule has 3 N–H and O–H groups in total. The van der Waals surface area contributed by atoms with Crippen molar-refractivity contribution < 1.29 is 14.7 Å². The summed E-state index contributed by atoms with van der Waals surface area (Å²) in [6.45, 7) is 0.0429. The molecule has 0 aliphatic heterocycles. The second kappa shape index (κ2) is 6.38. The van der Waals surface area contributed by atoms with Crippen LogP contribution in [0.5, 0.6) is 0 Å².